The largest absolute Gasteiger partial charge is 0.544 e. The lowest BCUT2D eigenvalue weighted by Gasteiger charge is -2.27. The van der Waals surface area contributed by atoms with Crippen molar-refractivity contribution in [3.8, 4) is 0 Å². The summed E-state index contributed by atoms with van der Waals surface area (Å²) in [7, 11) is 0. The number of carbonyl (C=O) groups excluding carboxylic acids is 1. The predicted molar refractivity (Wildman–Crippen MR) is 53.9 cm³/mol. The fourth-order valence-corrected chi connectivity index (χ4v) is 2.30. The lowest BCUT2D eigenvalue weighted by molar-refractivity contribution is -0.700. The second kappa shape index (κ2) is 4.22. The first-order chi connectivity index (χ1) is 7.64. The van der Waals surface area contributed by atoms with Gasteiger partial charge in [0.05, 0.1) is 6.54 Å². The molecule has 1 heterocycles. The van der Waals surface area contributed by atoms with Gasteiger partial charge in [0, 0.05) is 19.3 Å². The summed E-state index contributed by atoms with van der Waals surface area (Å²) in [5.74, 6) is -1.43. The standard InChI is InChI=1S/C12H14FNO2/c13-10-5-2-1-4-9(10)8-12(11(15)16)6-3-7-14-12/h1-2,4-5,14H,3,6-8H2,(H,15,16)/t12-/m0/s1. The maximum absolute atomic E-state index is 13.4. The van der Waals surface area contributed by atoms with Gasteiger partial charge in [0.15, 0.2) is 0 Å². The Bertz CT molecular complexity index is 400. The van der Waals surface area contributed by atoms with Crippen LogP contribution in [0.2, 0.25) is 0 Å². The number of halogens is 1. The van der Waals surface area contributed by atoms with Crippen LogP contribution in [0.1, 0.15) is 18.4 Å². The number of hydrogen-bond acceptors (Lipinski definition) is 2. The SMILES string of the molecule is O=C([O-])[C@@]1(Cc2ccccc2F)CCC[NH2+]1. The van der Waals surface area contributed by atoms with Crippen LogP contribution >= 0.6 is 0 Å². The average molecular weight is 223 g/mol. The van der Waals surface area contributed by atoms with E-state index in [4.69, 9.17) is 0 Å². The van der Waals surface area contributed by atoms with Crippen molar-refractivity contribution in [3.05, 3.63) is 35.6 Å². The van der Waals surface area contributed by atoms with Gasteiger partial charge in [-0.25, -0.2) is 4.39 Å². The molecule has 1 aromatic rings. The normalized spacial score (nSPS) is 24.6. The van der Waals surface area contributed by atoms with Gasteiger partial charge >= 0.3 is 0 Å². The van der Waals surface area contributed by atoms with E-state index in [0.717, 1.165) is 13.0 Å². The number of hydrogen-bond donors (Lipinski definition) is 1. The summed E-state index contributed by atoms with van der Waals surface area (Å²) in [6.07, 6.45) is 1.58. The first kappa shape index (κ1) is 11.1. The summed E-state index contributed by atoms with van der Waals surface area (Å²) >= 11 is 0. The molecule has 0 saturated carbocycles. The summed E-state index contributed by atoms with van der Waals surface area (Å²) < 4.78 is 13.4. The van der Waals surface area contributed by atoms with Crippen LogP contribution in [-0.2, 0) is 11.2 Å². The second-order valence-corrected chi connectivity index (χ2v) is 4.31. The molecule has 86 valence electrons. The number of rotatable bonds is 3. The van der Waals surface area contributed by atoms with Crippen molar-refractivity contribution in [3.63, 3.8) is 0 Å². The molecule has 0 unspecified atom stereocenters. The number of aliphatic carboxylic acids is 1. The topological polar surface area (TPSA) is 56.7 Å². The highest BCUT2D eigenvalue weighted by Gasteiger charge is 2.40. The van der Waals surface area contributed by atoms with Crippen molar-refractivity contribution >= 4 is 5.97 Å². The van der Waals surface area contributed by atoms with E-state index in [-0.39, 0.29) is 12.2 Å². The van der Waals surface area contributed by atoms with E-state index in [2.05, 4.69) is 0 Å². The lowest BCUT2D eigenvalue weighted by Crippen LogP contribution is -2.97. The van der Waals surface area contributed by atoms with E-state index in [0.29, 0.717) is 12.0 Å². The Morgan fingerprint density at radius 1 is 1.50 bits per heavy atom. The molecule has 1 atom stereocenters. The average Bonchev–Trinajstić information content (AvgIpc) is 2.71. The number of carbonyl (C=O) groups is 1. The molecule has 0 bridgehead atoms. The molecule has 4 heteroatoms. The molecule has 0 aliphatic carbocycles. The molecule has 0 spiro atoms. The summed E-state index contributed by atoms with van der Waals surface area (Å²) in [5.41, 5.74) is -0.521. The highest BCUT2D eigenvalue weighted by Crippen LogP contribution is 2.19. The van der Waals surface area contributed by atoms with E-state index in [1.165, 1.54) is 6.07 Å². The Morgan fingerprint density at radius 2 is 2.25 bits per heavy atom. The van der Waals surface area contributed by atoms with E-state index < -0.39 is 11.5 Å². The van der Waals surface area contributed by atoms with Gasteiger partial charge in [-0.3, -0.25) is 0 Å². The van der Waals surface area contributed by atoms with Gasteiger partial charge in [-0.05, 0) is 11.6 Å². The molecule has 2 N–H and O–H groups in total. The molecule has 0 amide bonds. The zero-order chi connectivity index (χ0) is 11.6. The summed E-state index contributed by atoms with van der Waals surface area (Å²) in [5, 5.41) is 12.9. The molecular weight excluding hydrogens is 209 g/mol. The minimum Gasteiger partial charge on any atom is -0.544 e. The molecule has 1 aromatic carbocycles. The third-order valence-corrected chi connectivity index (χ3v) is 3.23. The summed E-state index contributed by atoms with van der Waals surface area (Å²) in [6, 6.07) is 6.30. The molecule has 0 aromatic heterocycles. The summed E-state index contributed by atoms with van der Waals surface area (Å²) in [6.45, 7) is 0.766. The van der Waals surface area contributed by atoms with Crippen LogP contribution in [0.5, 0.6) is 0 Å². The number of benzene rings is 1. The maximum atomic E-state index is 13.4. The van der Waals surface area contributed by atoms with Gasteiger partial charge in [-0.15, -0.1) is 0 Å². The Kier molecular flexibility index (Phi) is 2.92. The van der Waals surface area contributed by atoms with Crippen LogP contribution in [0, 0.1) is 5.82 Å². The Morgan fingerprint density at radius 3 is 2.81 bits per heavy atom. The van der Waals surface area contributed by atoms with E-state index in [1.807, 2.05) is 0 Å². The smallest absolute Gasteiger partial charge is 0.140 e. The van der Waals surface area contributed by atoms with Gasteiger partial charge in [0.1, 0.15) is 17.3 Å². The Balaban J connectivity index is 2.25. The van der Waals surface area contributed by atoms with E-state index >= 15 is 0 Å². The van der Waals surface area contributed by atoms with Crippen molar-refractivity contribution in [1.82, 2.24) is 0 Å². The van der Waals surface area contributed by atoms with Gasteiger partial charge in [-0.1, -0.05) is 18.2 Å². The third kappa shape index (κ3) is 1.93. The van der Waals surface area contributed by atoms with Gasteiger partial charge in [-0.2, -0.15) is 0 Å². The number of quaternary nitrogens is 1. The monoisotopic (exact) mass is 223 g/mol. The van der Waals surface area contributed by atoms with Crippen LogP contribution in [0.4, 0.5) is 4.39 Å². The van der Waals surface area contributed by atoms with Crippen LogP contribution in [0.25, 0.3) is 0 Å². The Hall–Kier alpha value is -1.42. The van der Waals surface area contributed by atoms with E-state index in [1.54, 1.807) is 23.5 Å². The van der Waals surface area contributed by atoms with Crippen molar-refractivity contribution in [2.24, 2.45) is 0 Å². The van der Waals surface area contributed by atoms with Crippen LogP contribution in [-0.4, -0.2) is 18.1 Å². The van der Waals surface area contributed by atoms with Crippen LogP contribution in [0.3, 0.4) is 0 Å². The fourth-order valence-electron chi connectivity index (χ4n) is 2.30. The van der Waals surface area contributed by atoms with Gasteiger partial charge < -0.3 is 15.2 Å². The fraction of sp³-hybridized carbons (Fsp3) is 0.417. The number of carboxylic acid groups (broad SMARTS) is 1. The molecule has 0 radical (unpaired) electrons. The third-order valence-electron chi connectivity index (χ3n) is 3.23. The molecular formula is C12H14FNO2. The quantitative estimate of drug-likeness (QED) is 0.730. The van der Waals surface area contributed by atoms with Crippen LogP contribution in [0.15, 0.2) is 24.3 Å². The van der Waals surface area contributed by atoms with Crippen molar-refractivity contribution < 1.29 is 19.6 Å². The minimum atomic E-state index is -1.09. The predicted octanol–water partition coefficient (Wildman–Crippen LogP) is -0.786. The van der Waals surface area contributed by atoms with Crippen molar-refractivity contribution in [2.75, 3.05) is 6.54 Å². The van der Waals surface area contributed by atoms with Crippen molar-refractivity contribution in [1.29, 1.82) is 0 Å². The number of carboxylic acids is 1. The molecule has 3 nitrogen and oxygen atoms in total. The maximum Gasteiger partial charge on any atom is 0.140 e. The van der Waals surface area contributed by atoms with Crippen LogP contribution < -0.4 is 10.4 Å². The minimum absolute atomic E-state index is 0.196. The number of nitrogens with two attached hydrogens (primary N) is 1. The van der Waals surface area contributed by atoms with Gasteiger partial charge in [0.2, 0.25) is 0 Å². The first-order valence-corrected chi connectivity index (χ1v) is 5.43. The van der Waals surface area contributed by atoms with Gasteiger partial charge in [0.25, 0.3) is 0 Å². The second-order valence-electron chi connectivity index (χ2n) is 4.31. The molecule has 1 aliphatic rings. The zero-order valence-electron chi connectivity index (χ0n) is 8.91. The Labute approximate surface area is 93.3 Å². The molecule has 16 heavy (non-hydrogen) atoms. The molecule has 1 saturated heterocycles. The summed E-state index contributed by atoms with van der Waals surface area (Å²) in [4.78, 5) is 11.2. The van der Waals surface area contributed by atoms with E-state index in [9.17, 15) is 14.3 Å². The molecule has 1 aliphatic heterocycles. The lowest BCUT2D eigenvalue weighted by atomic mass is 9.89. The highest BCUT2D eigenvalue weighted by molar-refractivity contribution is 5.75. The van der Waals surface area contributed by atoms with Crippen molar-refractivity contribution in [2.45, 2.75) is 24.8 Å². The highest BCUT2D eigenvalue weighted by atomic mass is 19.1. The molecule has 1 fully saturated rings. The molecule has 2 rings (SSSR count). The zero-order valence-corrected chi connectivity index (χ0v) is 8.91. The first-order valence-electron chi connectivity index (χ1n) is 5.43.